The monoisotopic (exact) mass is 638 g/mol. The number of fused-ring (bicyclic) bond motifs is 2. The lowest BCUT2D eigenvalue weighted by Crippen LogP contribution is -2.47. The number of aryl methyl sites for hydroxylation is 2. The van der Waals surface area contributed by atoms with Crippen LogP contribution in [0.15, 0.2) is 35.2 Å². The first-order chi connectivity index (χ1) is 19.4. The fraction of sp³-hybridized carbons (Fsp3) is 0.333. The van der Waals surface area contributed by atoms with Gasteiger partial charge in [0.1, 0.15) is 23.0 Å². The Kier molecular flexibility index (Phi) is 6.53. The average molecular weight is 640 g/mol. The molecule has 14 heteroatoms. The number of carboxylic acids is 1. The molecule has 3 unspecified atom stereocenters. The second-order valence-electron chi connectivity index (χ2n) is 10.7. The van der Waals surface area contributed by atoms with Crippen molar-refractivity contribution in [2.24, 2.45) is 5.41 Å². The van der Waals surface area contributed by atoms with Crippen molar-refractivity contribution < 1.29 is 19.5 Å². The highest BCUT2D eigenvalue weighted by molar-refractivity contribution is 9.10. The van der Waals surface area contributed by atoms with Gasteiger partial charge in [0.25, 0.3) is 0 Å². The van der Waals surface area contributed by atoms with Gasteiger partial charge >= 0.3 is 5.97 Å². The molecule has 0 aromatic carbocycles. The number of anilines is 1. The number of hydrogen-bond donors (Lipinski definition) is 2. The summed E-state index contributed by atoms with van der Waals surface area (Å²) in [6, 6.07) is 4.04. The zero-order valence-corrected chi connectivity index (χ0v) is 24.6. The molecule has 41 heavy (non-hydrogen) atoms. The van der Waals surface area contributed by atoms with E-state index in [1.165, 1.54) is 4.68 Å². The lowest BCUT2D eigenvalue weighted by Gasteiger charge is -2.27. The molecule has 0 radical (unpaired) electrons. The second kappa shape index (κ2) is 9.84. The largest absolute Gasteiger partial charge is 0.476 e. The maximum absolute atomic E-state index is 13.8. The van der Waals surface area contributed by atoms with Crippen molar-refractivity contribution in [2.45, 2.75) is 52.2 Å². The van der Waals surface area contributed by atoms with Gasteiger partial charge in [-0.25, -0.2) is 19.7 Å². The van der Waals surface area contributed by atoms with Crippen LogP contribution in [0.5, 0.6) is 0 Å². The van der Waals surface area contributed by atoms with Crippen LogP contribution in [0.25, 0.3) is 22.2 Å². The number of amides is 2. The molecule has 6 rings (SSSR count). The van der Waals surface area contributed by atoms with Gasteiger partial charge in [-0.3, -0.25) is 19.3 Å². The number of nitrogens with one attached hydrogen (secondary N) is 1. The van der Waals surface area contributed by atoms with Crippen LogP contribution >= 0.6 is 27.5 Å². The Labute approximate surface area is 247 Å². The molecule has 4 aromatic rings. The third-order valence-electron chi connectivity index (χ3n) is 7.74. The summed E-state index contributed by atoms with van der Waals surface area (Å²) < 4.78 is 1.87. The molecule has 1 saturated carbocycles. The van der Waals surface area contributed by atoms with Crippen LogP contribution in [-0.2, 0) is 16.1 Å². The van der Waals surface area contributed by atoms with Gasteiger partial charge in [-0.1, -0.05) is 18.5 Å². The summed E-state index contributed by atoms with van der Waals surface area (Å²) in [6.07, 6.45) is 4.50. The highest BCUT2D eigenvalue weighted by Gasteiger charge is 2.64. The molecule has 0 bridgehead atoms. The number of carbonyl (C=O) groups excluding carboxylic acids is 2. The van der Waals surface area contributed by atoms with Gasteiger partial charge < -0.3 is 15.3 Å². The summed E-state index contributed by atoms with van der Waals surface area (Å²) in [5.41, 5.74) is 1.67. The highest BCUT2D eigenvalue weighted by atomic mass is 79.9. The average Bonchev–Trinajstić information content (AvgIpc) is 3.27. The molecule has 3 atom stereocenters. The predicted molar refractivity (Wildman–Crippen MR) is 152 cm³/mol. The van der Waals surface area contributed by atoms with E-state index >= 15 is 0 Å². The Hall–Kier alpha value is -3.97. The van der Waals surface area contributed by atoms with Gasteiger partial charge in [0.15, 0.2) is 11.5 Å². The number of pyridine rings is 2. The van der Waals surface area contributed by atoms with E-state index in [0.717, 1.165) is 6.42 Å². The van der Waals surface area contributed by atoms with Crippen LogP contribution in [0.3, 0.4) is 0 Å². The zero-order valence-electron chi connectivity index (χ0n) is 22.2. The summed E-state index contributed by atoms with van der Waals surface area (Å²) in [4.78, 5) is 58.2. The normalized spacial score (nSPS) is 21.1. The molecule has 1 aliphatic heterocycles. The minimum Gasteiger partial charge on any atom is -0.476 e. The van der Waals surface area contributed by atoms with Crippen LogP contribution in [0.1, 0.15) is 41.8 Å². The number of halogens is 2. The van der Waals surface area contributed by atoms with Gasteiger partial charge in [0.05, 0.1) is 21.9 Å². The van der Waals surface area contributed by atoms with E-state index < -0.39 is 17.9 Å². The van der Waals surface area contributed by atoms with Gasteiger partial charge in [-0.05, 0) is 66.2 Å². The van der Waals surface area contributed by atoms with Crippen molar-refractivity contribution in [1.29, 1.82) is 0 Å². The van der Waals surface area contributed by atoms with Crippen molar-refractivity contribution >= 4 is 62.0 Å². The van der Waals surface area contributed by atoms with Gasteiger partial charge in [0.2, 0.25) is 11.8 Å². The number of hydrogen-bond acceptors (Lipinski definition) is 8. The van der Waals surface area contributed by atoms with Crippen molar-refractivity contribution in [1.82, 2.24) is 34.6 Å². The van der Waals surface area contributed by atoms with E-state index in [-0.39, 0.29) is 40.4 Å². The molecule has 4 aromatic heterocycles. The standard InChI is InChI=1S/C27H24BrClN8O4/c1-12-23-15(6-17(32-12)14-9-30-13(2)31-10-14)22(26(40)41)35-36(23)11-21(38)37-18(7-27(3)8-19(27)37)25(39)34-24-16(29)4-5-20(28)33-24/h4-6,9-10,18-19H,7-8,11H2,1-3H3,(H,40,41)(H,33,34,39). The molecule has 12 nitrogen and oxygen atoms in total. The smallest absolute Gasteiger partial charge is 0.357 e. The Morgan fingerprint density at radius 1 is 1.17 bits per heavy atom. The molecular weight excluding hydrogens is 616 g/mol. The molecule has 5 heterocycles. The number of nitrogens with zero attached hydrogens (tertiary/aromatic N) is 7. The number of likely N-dealkylation sites (tertiary alicyclic amines) is 1. The summed E-state index contributed by atoms with van der Waals surface area (Å²) in [7, 11) is 0. The molecule has 2 aliphatic rings. The molecule has 2 fully saturated rings. The first-order valence-electron chi connectivity index (χ1n) is 12.8. The molecular formula is C27H24BrClN8O4. The number of aromatic nitrogens is 6. The number of carboxylic acid groups (broad SMARTS) is 1. The maximum atomic E-state index is 13.8. The zero-order chi connectivity index (χ0) is 29.2. The van der Waals surface area contributed by atoms with Crippen molar-refractivity contribution in [2.75, 3.05) is 5.32 Å². The van der Waals surface area contributed by atoms with Crippen LogP contribution in [0.2, 0.25) is 5.02 Å². The van der Waals surface area contributed by atoms with E-state index in [1.807, 2.05) is 6.92 Å². The lowest BCUT2D eigenvalue weighted by molar-refractivity contribution is -0.138. The summed E-state index contributed by atoms with van der Waals surface area (Å²) in [5.74, 6) is -1.17. The first kappa shape index (κ1) is 27.2. The quantitative estimate of drug-likeness (QED) is 0.297. The molecule has 0 spiro atoms. The van der Waals surface area contributed by atoms with Crippen molar-refractivity contribution in [3.63, 3.8) is 0 Å². The third-order valence-corrected chi connectivity index (χ3v) is 8.49. The number of aromatic carboxylic acids is 1. The highest BCUT2D eigenvalue weighted by Crippen LogP contribution is 2.59. The molecule has 210 valence electrons. The first-order valence-corrected chi connectivity index (χ1v) is 14.0. The fourth-order valence-electron chi connectivity index (χ4n) is 5.62. The van der Waals surface area contributed by atoms with E-state index in [2.05, 4.69) is 46.3 Å². The molecule has 1 aliphatic carbocycles. The summed E-state index contributed by atoms with van der Waals surface area (Å²) >= 11 is 9.50. The molecule has 2 amide bonds. The van der Waals surface area contributed by atoms with Gasteiger partial charge in [-0.2, -0.15) is 5.10 Å². The third kappa shape index (κ3) is 4.82. The molecule has 2 N–H and O–H groups in total. The number of carbonyl (C=O) groups is 3. The van der Waals surface area contributed by atoms with Crippen LogP contribution in [-0.4, -0.2) is 69.6 Å². The van der Waals surface area contributed by atoms with Crippen molar-refractivity contribution in [3.05, 3.63) is 57.4 Å². The minimum atomic E-state index is -1.23. The van der Waals surface area contributed by atoms with E-state index in [1.54, 1.807) is 49.3 Å². The van der Waals surface area contributed by atoms with Crippen LogP contribution < -0.4 is 5.32 Å². The SMILES string of the molecule is Cc1ncc(-c2cc3c(C(=O)O)nn(CC(=O)N4C(C(=O)Nc5nc(Br)ccc5Cl)CC5(C)CC45)c3c(C)n2)cn1. The fourth-order valence-corrected chi connectivity index (χ4v) is 6.08. The Morgan fingerprint density at radius 3 is 2.61 bits per heavy atom. The van der Waals surface area contributed by atoms with Gasteiger partial charge in [0, 0.05) is 29.4 Å². The number of piperidine rings is 1. The minimum absolute atomic E-state index is 0.107. The maximum Gasteiger partial charge on any atom is 0.357 e. The van der Waals surface area contributed by atoms with E-state index in [0.29, 0.717) is 44.7 Å². The predicted octanol–water partition coefficient (Wildman–Crippen LogP) is 4.03. The van der Waals surface area contributed by atoms with Gasteiger partial charge in [-0.15, -0.1) is 0 Å². The molecule has 1 saturated heterocycles. The van der Waals surface area contributed by atoms with E-state index in [9.17, 15) is 19.5 Å². The summed E-state index contributed by atoms with van der Waals surface area (Å²) in [6.45, 7) is 5.28. The summed E-state index contributed by atoms with van der Waals surface area (Å²) in [5, 5.41) is 17.6. The van der Waals surface area contributed by atoms with E-state index in [4.69, 9.17) is 11.6 Å². The lowest BCUT2D eigenvalue weighted by atomic mass is 10.0. The van der Waals surface area contributed by atoms with Crippen LogP contribution in [0, 0.1) is 19.3 Å². The Morgan fingerprint density at radius 2 is 1.90 bits per heavy atom. The Balaban J connectivity index is 1.32. The van der Waals surface area contributed by atoms with Crippen molar-refractivity contribution in [3.8, 4) is 11.3 Å². The van der Waals surface area contributed by atoms with Crippen LogP contribution in [0.4, 0.5) is 5.82 Å². The second-order valence-corrected chi connectivity index (χ2v) is 11.9. The number of rotatable bonds is 6. The Bertz CT molecular complexity index is 1760. The topological polar surface area (TPSA) is 156 Å².